The van der Waals surface area contributed by atoms with Crippen LogP contribution in [0.1, 0.15) is 6.42 Å². The van der Waals surface area contributed by atoms with Gasteiger partial charge in [-0.3, -0.25) is 14.2 Å². The molecule has 1 saturated heterocycles. The maximum absolute atomic E-state index is 12.2. The van der Waals surface area contributed by atoms with Gasteiger partial charge < -0.3 is 29.4 Å². The van der Waals surface area contributed by atoms with E-state index < -0.39 is 10.1 Å². The van der Waals surface area contributed by atoms with E-state index in [1.807, 2.05) is 42.1 Å². The molecule has 1 aliphatic rings. The summed E-state index contributed by atoms with van der Waals surface area (Å²) < 4.78 is 45.1. The van der Waals surface area contributed by atoms with Crippen LogP contribution in [0.4, 0.5) is 17.3 Å². The molecule has 0 atom stereocenters. The molecule has 0 bridgehead atoms. The fourth-order valence-electron chi connectivity index (χ4n) is 4.79. The van der Waals surface area contributed by atoms with Gasteiger partial charge in [-0.05, 0) is 24.6 Å². The number of amides is 1. The molecule has 3 N–H and O–H groups in total. The summed E-state index contributed by atoms with van der Waals surface area (Å²) >= 11 is 6.56. The van der Waals surface area contributed by atoms with Crippen molar-refractivity contribution in [2.45, 2.75) is 6.42 Å². The standard InChI is InChI=1S/C30H33ClN6O4.CH4O3S/c1-4-28(38)33-24-16-23(26(39-3)17-27(24)41-13-7-10-37-11-14-40-15-12-37)34-30-32-18-22(31)29(35-30)21-19-36(2)25-9-6-5-8-20(21)25;1-5(2,3)4/h4-6,8-9,16-19H,1,7,10-15H2,2-3H3,(H,33,38)(H,32,34,35);1H3,(H,2,3,4). The molecule has 2 aromatic heterocycles. The second-order valence-electron chi connectivity index (χ2n) is 10.3. The second-order valence-corrected chi connectivity index (χ2v) is 12.2. The first kappa shape index (κ1) is 34.7. The number of nitrogens with zero attached hydrogens (tertiary/aromatic N) is 4. The topological polar surface area (TPSA) is 157 Å². The zero-order chi connectivity index (χ0) is 33.3. The molecule has 1 amide bonds. The van der Waals surface area contributed by atoms with Crippen molar-refractivity contribution in [1.29, 1.82) is 0 Å². The van der Waals surface area contributed by atoms with Crippen molar-refractivity contribution in [3.63, 3.8) is 0 Å². The number of fused-ring (bicyclic) bond motifs is 1. The summed E-state index contributed by atoms with van der Waals surface area (Å²) in [6, 6.07) is 11.5. The number of aromatic nitrogens is 3. The number of methoxy groups -OCH3 is 1. The van der Waals surface area contributed by atoms with Gasteiger partial charge in [0.05, 0.1) is 61.5 Å². The van der Waals surface area contributed by atoms with Gasteiger partial charge in [0, 0.05) is 55.4 Å². The van der Waals surface area contributed by atoms with Gasteiger partial charge in [0.1, 0.15) is 11.5 Å². The Labute approximate surface area is 272 Å². The van der Waals surface area contributed by atoms with E-state index in [0.717, 1.165) is 55.7 Å². The Kier molecular flexibility index (Phi) is 12.0. The van der Waals surface area contributed by atoms with Crippen LogP contribution in [0, 0.1) is 0 Å². The van der Waals surface area contributed by atoms with Crippen molar-refractivity contribution in [3.05, 3.63) is 66.5 Å². The number of nitrogens with one attached hydrogen (secondary N) is 2. The molecule has 5 rings (SSSR count). The van der Waals surface area contributed by atoms with E-state index in [9.17, 15) is 13.2 Å². The van der Waals surface area contributed by atoms with Gasteiger partial charge in [-0.15, -0.1) is 0 Å². The number of carbonyl (C=O) groups excluding carboxylic acids is 1. The molecule has 2 aromatic carbocycles. The minimum absolute atomic E-state index is 0.316. The smallest absolute Gasteiger partial charge is 0.261 e. The lowest BCUT2D eigenvalue weighted by molar-refractivity contribution is -0.111. The van der Waals surface area contributed by atoms with Crippen molar-refractivity contribution in [1.82, 2.24) is 19.4 Å². The fourth-order valence-corrected chi connectivity index (χ4v) is 4.98. The predicted octanol–water partition coefficient (Wildman–Crippen LogP) is 4.77. The third-order valence-corrected chi connectivity index (χ3v) is 7.14. The SMILES string of the molecule is C=CC(=O)Nc1cc(Nc2ncc(Cl)c(-c3cn(C)c4ccccc34)n2)c(OC)cc1OCCCN1CCOCC1.CS(=O)(=O)O. The number of anilines is 3. The van der Waals surface area contributed by atoms with Crippen LogP contribution in [0.25, 0.3) is 22.2 Å². The minimum atomic E-state index is -3.67. The van der Waals surface area contributed by atoms with Gasteiger partial charge in [0.2, 0.25) is 11.9 Å². The molecule has 4 aromatic rings. The van der Waals surface area contributed by atoms with Crippen LogP contribution in [0.2, 0.25) is 5.02 Å². The van der Waals surface area contributed by atoms with Gasteiger partial charge in [-0.2, -0.15) is 8.42 Å². The monoisotopic (exact) mass is 672 g/mol. The van der Waals surface area contributed by atoms with Crippen molar-refractivity contribution < 1.29 is 32.0 Å². The number of para-hydroxylation sites is 1. The van der Waals surface area contributed by atoms with E-state index in [2.05, 4.69) is 27.1 Å². The van der Waals surface area contributed by atoms with Crippen molar-refractivity contribution >= 4 is 55.9 Å². The number of hydrogen-bond donors (Lipinski definition) is 3. The Bertz CT molecular complexity index is 1780. The molecule has 0 spiro atoms. The molecule has 15 heteroatoms. The number of halogens is 1. The van der Waals surface area contributed by atoms with E-state index in [1.165, 1.54) is 6.08 Å². The summed E-state index contributed by atoms with van der Waals surface area (Å²) in [6.45, 7) is 8.29. The van der Waals surface area contributed by atoms with Crippen LogP contribution in [0.5, 0.6) is 11.5 Å². The number of ether oxygens (including phenoxy) is 3. The molecule has 13 nitrogen and oxygen atoms in total. The van der Waals surface area contributed by atoms with E-state index in [4.69, 9.17) is 35.3 Å². The first-order valence-corrected chi connectivity index (χ1v) is 16.5. The number of benzene rings is 2. The summed E-state index contributed by atoms with van der Waals surface area (Å²) in [5.41, 5.74) is 3.56. The highest BCUT2D eigenvalue weighted by atomic mass is 35.5. The van der Waals surface area contributed by atoms with Gasteiger partial charge in [0.15, 0.2) is 0 Å². The second kappa shape index (κ2) is 15.9. The Morgan fingerprint density at radius 2 is 1.91 bits per heavy atom. The van der Waals surface area contributed by atoms with Gasteiger partial charge >= 0.3 is 0 Å². The van der Waals surface area contributed by atoms with Gasteiger partial charge in [-0.1, -0.05) is 36.4 Å². The van der Waals surface area contributed by atoms with Crippen LogP contribution in [-0.2, 0) is 26.7 Å². The van der Waals surface area contributed by atoms with Crippen molar-refractivity contribution in [3.8, 4) is 22.8 Å². The van der Waals surface area contributed by atoms with E-state index in [0.29, 0.717) is 52.4 Å². The van der Waals surface area contributed by atoms with Crippen LogP contribution < -0.4 is 20.1 Å². The molecule has 246 valence electrons. The first-order chi connectivity index (χ1) is 22.0. The Morgan fingerprint density at radius 3 is 2.61 bits per heavy atom. The van der Waals surface area contributed by atoms with E-state index in [-0.39, 0.29) is 5.91 Å². The zero-order valence-corrected chi connectivity index (χ0v) is 27.4. The minimum Gasteiger partial charge on any atom is -0.494 e. The molecule has 1 aliphatic heterocycles. The predicted molar refractivity (Wildman–Crippen MR) is 179 cm³/mol. The molecule has 3 heterocycles. The van der Waals surface area contributed by atoms with E-state index in [1.54, 1.807) is 25.4 Å². The van der Waals surface area contributed by atoms with Crippen molar-refractivity contribution in [2.75, 3.05) is 63.5 Å². The molecular weight excluding hydrogens is 636 g/mol. The highest BCUT2D eigenvalue weighted by Crippen LogP contribution is 2.39. The molecule has 0 saturated carbocycles. The molecule has 46 heavy (non-hydrogen) atoms. The third-order valence-electron chi connectivity index (χ3n) is 6.87. The lowest BCUT2D eigenvalue weighted by Crippen LogP contribution is -2.37. The number of carbonyl (C=O) groups is 1. The quantitative estimate of drug-likeness (QED) is 0.115. The lowest BCUT2D eigenvalue weighted by Gasteiger charge is -2.26. The molecular formula is C31H37ClN6O7S. The average Bonchev–Trinajstić information content (AvgIpc) is 3.36. The fraction of sp³-hybridized carbons (Fsp3) is 0.323. The first-order valence-electron chi connectivity index (χ1n) is 14.3. The number of morpholine rings is 1. The third kappa shape index (κ3) is 9.64. The highest BCUT2D eigenvalue weighted by molar-refractivity contribution is 7.85. The highest BCUT2D eigenvalue weighted by Gasteiger charge is 2.18. The van der Waals surface area contributed by atoms with Crippen LogP contribution in [0.15, 0.2) is 61.4 Å². The average molecular weight is 673 g/mol. The Hall–Kier alpha value is -4.21. The summed E-state index contributed by atoms with van der Waals surface area (Å²) in [7, 11) is -0.120. The maximum Gasteiger partial charge on any atom is 0.261 e. The lowest BCUT2D eigenvalue weighted by atomic mass is 10.1. The van der Waals surface area contributed by atoms with Gasteiger partial charge in [-0.25, -0.2) is 9.97 Å². The number of rotatable bonds is 11. The summed E-state index contributed by atoms with van der Waals surface area (Å²) in [5.74, 6) is 0.934. The van der Waals surface area contributed by atoms with Crippen LogP contribution in [-0.4, -0.2) is 91.1 Å². The zero-order valence-electron chi connectivity index (χ0n) is 25.8. The van der Waals surface area contributed by atoms with Gasteiger partial charge in [0.25, 0.3) is 10.1 Å². The Morgan fingerprint density at radius 1 is 1.20 bits per heavy atom. The Balaban J connectivity index is 0.000000892. The van der Waals surface area contributed by atoms with E-state index >= 15 is 0 Å². The molecule has 0 radical (unpaired) electrons. The van der Waals surface area contributed by atoms with Crippen LogP contribution in [0.3, 0.4) is 0 Å². The normalized spacial score (nSPS) is 13.4. The number of aryl methyl sites for hydroxylation is 1. The largest absolute Gasteiger partial charge is 0.494 e. The van der Waals surface area contributed by atoms with Crippen LogP contribution >= 0.6 is 11.6 Å². The summed E-state index contributed by atoms with van der Waals surface area (Å²) in [5, 5.41) is 7.51. The maximum atomic E-state index is 12.2. The summed E-state index contributed by atoms with van der Waals surface area (Å²) in [4.78, 5) is 23.7. The molecule has 1 fully saturated rings. The summed E-state index contributed by atoms with van der Waals surface area (Å²) in [6.07, 6.45) is 6.31. The number of hydrogen-bond acceptors (Lipinski definition) is 10. The molecule has 0 aliphatic carbocycles. The van der Waals surface area contributed by atoms with Crippen molar-refractivity contribution in [2.24, 2.45) is 7.05 Å². The molecule has 0 unspecified atom stereocenters.